The first kappa shape index (κ1) is 12.1. The van der Waals surface area contributed by atoms with E-state index in [1.54, 1.807) is 0 Å². The number of hydrogen-bond donors (Lipinski definition) is 2. The maximum Gasteiger partial charge on any atom is 0.325 e. The lowest BCUT2D eigenvalue weighted by molar-refractivity contribution is -0.138. The predicted molar refractivity (Wildman–Crippen MR) is 69.9 cm³/mol. The molecule has 0 aliphatic carbocycles. The summed E-state index contributed by atoms with van der Waals surface area (Å²) in [4.78, 5) is 11.0. The second-order valence-corrected chi connectivity index (χ2v) is 4.67. The molecular weight excluding hydrogens is 284 g/mol. The summed E-state index contributed by atoms with van der Waals surface area (Å²) in [5.41, 5.74) is 7.34. The number of carboxylic acids is 1. The second kappa shape index (κ2) is 4.50. The molecule has 0 fully saturated rings. The Morgan fingerprint density at radius 3 is 2.88 bits per heavy atom. The van der Waals surface area contributed by atoms with Gasteiger partial charge in [-0.25, -0.2) is 0 Å². The third-order valence-corrected chi connectivity index (χ3v) is 3.49. The SMILES string of the molecule is CCn1cc(C(N)C(=O)O)c2c(Br)cccc21. The van der Waals surface area contributed by atoms with Gasteiger partial charge >= 0.3 is 5.97 Å². The minimum absolute atomic E-state index is 0.641. The van der Waals surface area contributed by atoms with Crippen molar-refractivity contribution < 1.29 is 9.90 Å². The summed E-state index contributed by atoms with van der Waals surface area (Å²) in [5, 5.41) is 9.90. The summed E-state index contributed by atoms with van der Waals surface area (Å²) < 4.78 is 2.87. The van der Waals surface area contributed by atoms with E-state index < -0.39 is 12.0 Å². The Hall–Kier alpha value is -1.33. The van der Waals surface area contributed by atoms with Crippen LogP contribution in [0.1, 0.15) is 18.5 Å². The quantitative estimate of drug-likeness (QED) is 0.914. The van der Waals surface area contributed by atoms with Gasteiger partial charge in [-0.2, -0.15) is 0 Å². The van der Waals surface area contributed by atoms with E-state index in [0.717, 1.165) is 21.9 Å². The number of aliphatic carboxylic acids is 1. The van der Waals surface area contributed by atoms with Crippen LogP contribution in [0.5, 0.6) is 0 Å². The largest absolute Gasteiger partial charge is 0.480 e. The van der Waals surface area contributed by atoms with Crippen molar-refractivity contribution in [2.75, 3.05) is 0 Å². The van der Waals surface area contributed by atoms with E-state index in [1.165, 1.54) is 0 Å². The standard InChI is InChI=1S/C12H13BrN2O2/c1-2-15-6-7(11(14)12(16)17)10-8(13)4-3-5-9(10)15/h3-6,11H,2,14H2,1H3,(H,16,17). The van der Waals surface area contributed by atoms with E-state index in [-0.39, 0.29) is 0 Å². The van der Waals surface area contributed by atoms with Crippen LogP contribution in [-0.2, 0) is 11.3 Å². The lowest BCUT2D eigenvalue weighted by Gasteiger charge is -2.05. The van der Waals surface area contributed by atoms with Crippen molar-refractivity contribution in [1.82, 2.24) is 4.57 Å². The van der Waals surface area contributed by atoms with Crippen molar-refractivity contribution in [3.8, 4) is 0 Å². The molecule has 3 N–H and O–H groups in total. The lowest BCUT2D eigenvalue weighted by Crippen LogP contribution is -2.20. The molecule has 0 bridgehead atoms. The van der Waals surface area contributed by atoms with E-state index in [1.807, 2.05) is 35.9 Å². The lowest BCUT2D eigenvalue weighted by atomic mass is 10.1. The molecule has 0 saturated carbocycles. The van der Waals surface area contributed by atoms with Gasteiger partial charge in [-0.05, 0) is 19.1 Å². The summed E-state index contributed by atoms with van der Waals surface area (Å²) >= 11 is 3.45. The zero-order valence-electron chi connectivity index (χ0n) is 9.35. The average molecular weight is 297 g/mol. The Balaban J connectivity index is 2.75. The first-order chi connectivity index (χ1) is 8.06. The molecule has 90 valence electrons. The van der Waals surface area contributed by atoms with Crippen molar-refractivity contribution in [3.63, 3.8) is 0 Å². The Bertz CT molecular complexity index is 577. The highest BCUT2D eigenvalue weighted by molar-refractivity contribution is 9.10. The van der Waals surface area contributed by atoms with E-state index >= 15 is 0 Å². The van der Waals surface area contributed by atoms with Gasteiger partial charge in [-0.1, -0.05) is 22.0 Å². The molecular formula is C12H13BrN2O2. The number of rotatable bonds is 3. The maximum absolute atomic E-state index is 11.0. The Labute approximate surface area is 107 Å². The average Bonchev–Trinajstić information content (AvgIpc) is 2.68. The van der Waals surface area contributed by atoms with Crippen LogP contribution in [0.15, 0.2) is 28.9 Å². The van der Waals surface area contributed by atoms with Crippen LogP contribution < -0.4 is 5.73 Å². The molecule has 0 amide bonds. The van der Waals surface area contributed by atoms with Crippen LogP contribution in [0.3, 0.4) is 0 Å². The molecule has 4 nitrogen and oxygen atoms in total. The number of nitrogens with two attached hydrogens (primary N) is 1. The maximum atomic E-state index is 11.0. The molecule has 17 heavy (non-hydrogen) atoms. The van der Waals surface area contributed by atoms with Crippen molar-refractivity contribution >= 4 is 32.8 Å². The summed E-state index contributed by atoms with van der Waals surface area (Å²) in [7, 11) is 0. The third kappa shape index (κ3) is 1.96. The van der Waals surface area contributed by atoms with Gasteiger partial charge < -0.3 is 15.4 Å². The van der Waals surface area contributed by atoms with Gasteiger partial charge in [0.25, 0.3) is 0 Å². The van der Waals surface area contributed by atoms with E-state index in [9.17, 15) is 4.79 Å². The molecule has 5 heteroatoms. The fraction of sp³-hybridized carbons (Fsp3) is 0.250. The number of nitrogens with zero attached hydrogens (tertiary/aromatic N) is 1. The van der Waals surface area contributed by atoms with E-state index in [2.05, 4.69) is 15.9 Å². The fourth-order valence-electron chi connectivity index (χ4n) is 1.97. The highest BCUT2D eigenvalue weighted by Gasteiger charge is 2.21. The van der Waals surface area contributed by atoms with Gasteiger partial charge in [-0.3, -0.25) is 4.79 Å². The summed E-state index contributed by atoms with van der Waals surface area (Å²) in [5.74, 6) is -1.02. The van der Waals surface area contributed by atoms with Gasteiger partial charge in [0.05, 0.1) is 0 Å². The number of aryl methyl sites for hydroxylation is 1. The zero-order valence-corrected chi connectivity index (χ0v) is 10.9. The Morgan fingerprint density at radius 2 is 2.29 bits per heavy atom. The second-order valence-electron chi connectivity index (χ2n) is 3.82. The van der Waals surface area contributed by atoms with Gasteiger partial charge in [-0.15, -0.1) is 0 Å². The predicted octanol–water partition coefficient (Wildman–Crippen LogP) is 2.51. The Morgan fingerprint density at radius 1 is 1.59 bits per heavy atom. The van der Waals surface area contributed by atoms with E-state index in [0.29, 0.717) is 5.56 Å². The van der Waals surface area contributed by atoms with Crippen LogP contribution in [0.2, 0.25) is 0 Å². The van der Waals surface area contributed by atoms with Crippen LogP contribution in [0.25, 0.3) is 10.9 Å². The van der Waals surface area contributed by atoms with Crippen molar-refractivity contribution in [1.29, 1.82) is 0 Å². The van der Waals surface area contributed by atoms with Crippen LogP contribution in [0, 0.1) is 0 Å². The van der Waals surface area contributed by atoms with Crippen LogP contribution >= 0.6 is 15.9 Å². The highest BCUT2D eigenvalue weighted by atomic mass is 79.9. The highest BCUT2D eigenvalue weighted by Crippen LogP contribution is 2.32. The van der Waals surface area contributed by atoms with Crippen molar-refractivity contribution in [3.05, 3.63) is 34.4 Å². The molecule has 0 aliphatic heterocycles. The van der Waals surface area contributed by atoms with Crippen molar-refractivity contribution in [2.24, 2.45) is 5.73 Å². The number of carbonyl (C=O) groups is 1. The molecule has 1 unspecified atom stereocenters. The number of benzene rings is 1. The van der Waals surface area contributed by atoms with E-state index in [4.69, 9.17) is 10.8 Å². The summed E-state index contributed by atoms with van der Waals surface area (Å²) in [6.45, 7) is 2.79. The number of aromatic nitrogens is 1. The van der Waals surface area contributed by atoms with Crippen molar-refractivity contribution in [2.45, 2.75) is 19.5 Å². The molecule has 0 spiro atoms. The van der Waals surface area contributed by atoms with Gasteiger partial charge in [0, 0.05) is 33.7 Å². The number of carboxylic acid groups (broad SMARTS) is 1. The molecule has 1 atom stereocenters. The number of hydrogen-bond acceptors (Lipinski definition) is 2. The number of fused-ring (bicyclic) bond motifs is 1. The smallest absolute Gasteiger partial charge is 0.325 e. The summed E-state index contributed by atoms with van der Waals surface area (Å²) in [6.07, 6.45) is 1.81. The molecule has 2 rings (SSSR count). The molecule has 1 heterocycles. The summed E-state index contributed by atoms with van der Waals surface area (Å²) in [6, 6.07) is 4.78. The van der Waals surface area contributed by atoms with Crippen LogP contribution in [-0.4, -0.2) is 15.6 Å². The molecule has 0 aliphatic rings. The molecule has 0 saturated heterocycles. The first-order valence-corrected chi connectivity index (χ1v) is 6.11. The van der Waals surface area contributed by atoms with Crippen LogP contribution in [0.4, 0.5) is 0 Å². The van der Waals surface area contributed by atoms with Gasteiger partial charge in [0.1, 0.15) is 6.04 Å². The number of halogens is 1. The first-order valence-electron chi connectivity index (χ1n) is 5.32. The third-order valence-electron chi connectivity index (χ3n) is 2.83. The molecule has 2 aromatic rings. The molecule has 1 aromatic heterocycles. The van der Waals surface area contributed by atoms with Gasteiger partial charge in [0.2, 0.25) is 0 Å². The zero-order chi connectivity index (χ0) is 12.6. The minimum atomic E-state index is -1.02. The Kier molecular flexibility index (Phi) is 3.22. The fourth-order valence-corrected chi connectivity index (χ4v) is 2.55. The van der Waals surface area contributed by atoms with Gasteiger partial charge in [0.15, 0.2) is 0 Å². The molecule has 0 radical (unpaired) electrons. The normalized spacial score (nSPS) is 12.9. The topological polar surface area (TPSA) is 68.2 Å². The minimum Gasteiger partial charge on any atom is -0.480 e. The monoisotopic (exact) mass is 296 g/mol. The molecule has 1 aromatic carbocycles.